The van der Waals surface area contributed by atoms with E-state index in [0.717, 1.165) is 0 Å². The van der Waals surface area contributed by atoms with Crippen LogP contribution in [0.1, 0.15) is 0 Å². The summed E-state index contributed by atoms with van der Waals surface area (Å²) >= 11 is 2.66. The fraction of sp³-hybridized carbons (Fsp3) is 0. The van der Waals surface area contributed by atoms with Gasteiger partial charge in [-0.3, -0.25) is 4.79 Å². The van der Waals surface area contributed by atoms with E-state index >= 15 is 0 Å². The molecule has 0 aliphatic heterocycles. The molecule has 1 aromatic rings. The molecule has 0 saturated carbocycles. The van der Waals surface area contributed by atoms with Gasteiger partial charge in [-0.15, -0.1) is 0 Å². The van der Waals surface area contributed by atoms with Gasteiger partial charge in [0.15, 0.2) is 0 Å². The quantitative estimate of drug-likeness (QED) is 0.569. The summed E-state index contributed by atoms with van der Waals surface area (Å²) in [6, 6.07) is 5.67. The third-order valence-corrected chi connectivity index (χ3v) is 1.27. The van der Waals surface area contributed by atoms with Crippen LogP contribution in [0.25, 0.3) is 0 Å². The van der Waals surface area contributed by atoms with E-state index in [0.29, 0.717) is 5.69 Å². The molecule has 0 radical (unpaired) electrons. The number of benzene rings is 1. The second kappa shape index (κ2) is 3.48. The molecule has 4 heteroatoms. The lowest BCUT2D eigenvalue weighted by atomic mass is 10.3. The van der Waals surface area contributed by atoms with Gasteiger partial charge in [0.1, 0.15) is 5.82 Å². The molecule has 1 amide bonds. The van der Waals surface area contributed by atoms with Crippen LogP contribution in [0, 0.1) is 5.82 Å². The van der Waals surface area contributed by atoms with Gasteiger partial charge in [0, 0.05) is 21.6 Å². The number of hydrogen-bond acceptors (Lipinski definition) is 1. The van der Waals surface area contributed by atoms with Crippen LogP contribution in [0.3, 0.4) is 0 Å². The lowest BCUT2D eigenvalue weighted by molar-refractivity contribution is 0.270. The molecular formula is C7H5BrFNO. The predicted octanol–water partition coefficient (Wildman–Crippen LogP) is 2.75. The van der Waals surface area contributed by atoms with Gasteiger partial charge in [0.05, 0.1) is 0 Å². The summed E-state index contributed by atoms with van der Waals surface area (Å²) in [5.41, 5.74) is 0.437. The lowest BCUT2D eigenvalue weighted by Crippen LogP contribution is -1.99. The molecule has 2 nitrogen and oxygen atoms in total. The van der Waals surface area contributed by atoms with Crippen molar-refractivity contribution in [2.45, 2.75) is 0 Å². The second-order valence-electron chi connectivity index (χ2n) is 1.91. The molecule has 0 fully saturated rings. The Morgan fingerprint density at radius 1 is 1.55 bits per heavy atom. The summed E-state index contributed by atoms with van der Waals surface area (Å²) in [5, 5.41) is 2.38. The minimum Gasteiger partial charge on any atom is -0.316 e. The number of rotatable bonds is 1. The molecule has 0 spiro atoms. The Labute approximate surface area is 71.5 Å². The zero-order chi connectivity index (χ0) is 8.27. The standard InChI is InChI=1S/C7H5BrFNO/c8-7(11)10-6-3-1-2-5(9)4-6/h1-4H,(H,10,11). The minimum absolute atomic E-state index is 0.372. The molecule has 0 aliphatic rings. The van der Waals surface area contributed by atoms with Gasteiger partial charge in [0.2, 0.25) is 0 Å². The predicted molar refractivity (Wildman–Crippen MR) is 44.3 cm³/mol. The van der Waals surface area contributed by atoms with E-state index in [1.165, 1.54) is 18.2 Å². The SMILES string of the molecule is O=C(Br)Nc1cccc(F)c1. The molecule has 0 aliphatic carbocycles. The largest absolute Gasteiger partial charge is 0.316 e. The van der Waals surface area contributed by atoms with Gasteiger partial charge < -0.3 is 5.32 Å². The van der Waals surface area contributed by atoms with Gasteiger partial charge in [-0.25, -0.2) is 4.39 Å². The average Bonchev–Trinajstić information content (AvgIpc) is 1.85. The first-order valence-corrected chi connectivity index (χ1v) is 3.70. The van der Waals surface area contributed by atoms with E-state index in [9.17, 15) is 9.18 Å². The smallest absolute Gasteiger partial charge is 0.291 e. The maximum Gasteiger partial charge on any atom is 0.291 e. The first kappa shape index (κ1) is 8.20. The molecule has 58 valence electrons. The molecule has 1 aromatic carbocycles. The molecule has 0 aromatic heterocycles. The van der Waals surface area contributed by atoms with Crippen LogP contribution < -0.4 is 5.32 Å². The second-order valence-corrected chi connectivity index (χ2v) is 2.63. The number of carbonyl (C=O) groups is 1. The minimum atomic E-state index is -0.386. The van der Waals surface area contributed by atoms with Gasteiger partial charge in [-0.2, -0.15) is 0 Å². The van der Waals surface area contributed by atoms with Crippen molar-refractivity contribution in [3.05, 3.63) is 30.1 Å². The zero-order valence-corrected chi connectivity index (χ0v) is 7.06. The Bertz CT molecular complexity index is 277. The van der Waals surface area contributed by atoms with Crippen LogP contribution >= 0.6 is 15.9 Å². The Balaban J connectivity index is 2.79. The molecular weight excluding hydrogens is 213 g/mol. The molecule has 0 heterocycles. The highest BCUT2D eigenvalue weighted by atomic mass is 79.9. The third kappa shape index (κ3) is 2.67. The summed E-state index contributed by atoms with van der Waals surface area (Å²) in [4.78, 5) is 10.0. The normalized spacial score (nSPS) is 9.27. The Morgan fingerprint density at radius 2 is 2.27 bits per heavy atom. The number of hydrogen-bond donors (Lipinski definition) is 1. The summed E-state index contributed by atoms with van der Waals surface area (Å²) < 4.78 is 12.5. The van der Waals surface area contributed by atoms with E-state index in [2.05, 4.69) is 21.2 Å². The number of nitrogens with one attached hydrogen (secondary N) is 1. The van der Waals surface area contributed by atoms with Crippen molar-refractivity contribution in [1.82, 2.24) is 0 Å². The number of anilines is 1. The Morgan fingerprint density at radius 3 is 2.82 bits per heavy atom. The van der Waals surface area contributed by atoms with Gasteiger partial charge in [-0.05, 0) is 18.2 Å². The maximum absolute atomic E-state index is 12.5. The fourth-order valence-electron chi connectivity index (χ4n) is 0.680. The summed E-state index contributed by atoms with van der Waals surface area (Å²) in [6.45, 7) is 0. The summed E-state index contributed by atoms with van der Waals surface area (Å²) in [5.74, 6) is -0.372. The maximum atomic E-state index is 12.5. The molecule has 0 atom stereocenters. The van der Waals surface area contributed by atoms with E-state index < -0.39 is 0 Å². The molecule has 1 rings (SSSR count). The molecule has 0 unspecified atom stereocenters. The molecule has 1 N–H and O–H groups in total. The van der Waals surface area contributed by atoms with E-state index in [1.54, 1.807) is 6.07 Å². The third-order valence-electron chi connectivity index (χ3n) is 1.07. The van der Waals surface area contributed by atoms with Crippen LogP contribution in [-0.2, 0) is 0 Å². The number of amides is 1. The van der Waals surface area contributed by atoms with Crippen molar-refractivity contribution in [2.24, 2.45) is 0 Å². The van der Waals surface area contributed by atoms with Crippen molar-refractivity contribution < 1.29 is 9.18 Å². The van der Waals surface area contributed by atoms with Crippen molar-refractivity contribution >= 4 is 26.4 Å². The van der Waals surface area contributed by atoms with Crippen LogP contribution in [0.2, 0.25) is 0 Å². The first-order chi connectivity index (χ1) is 5.18. The van der Waals surface area contributed by atoms with Crippen LogP contribution in [-0.4, -0.2) is 4.82 Å². The lowest BCUT2D eigenvalue weighted by Gasteiger charge is -1.98. The van der Waals surface area contributed by atoms with Crippen molar-refractivity contribution in [2.75, 3.05) is 5.32 Å². The van der Waals surface area contributed by atoms with E-state index in [1.807, 2.05) is 0 Å². The molecule has 11 heavy (non-hydrogen) atoms. The van der Waals surface area contributed by atoms with E-state index in [-0.39, 0.29) is 10.6 Å². The zero-order valence-electron chi connectivity index (χ0n) is 5.47. The molecule has 0 saturated heterocycles. The highest BCUT2D eigenvalue weighted by Gasteiger charge is 1.96. The van der Waals surface area contributed by atoms with Gasteiger partial charge in [-0.1, -0.05) is 6.07 Å². The Hall–Kier alpha value is -0.900. The first-order valence-electron chi connectivity index (χ1n) is 2.90. The van der Waals surface area contributed by atoms with Crippen LogP contribution in [0.5, 0.6) is 0 Å². The summed E-state index contributed by atoms with van der Waals surface area (Å²) in [7, 11) is 0. The topological polar surface area (TPSA) is 29.1 Å². The van der Waals surface area contributed by atoms with Crippen LogP contribution in [0.15, 0.2) is 24.3 Å². The monoisotopic (exact) mass is 217 g/mol. The fourth-order valence-corrected chi connectivity index (χ4v) is 0.909. The summed E-state index contributed by atoms with van der Waals surface area (Å²) in [6.07, 6.45) is 0. The Kier molecular flexibility index (Phi) is 2.59. The van der Waals surface area contributed by atoms with E-state index in [4.69, 9.17) is 0 Å². The number of carbonyl (C=O) groups excluding carboxylic acids is 1. The van der Waals surface area contributed by atoms with Crippen molar-refractivity contribution in [3.8, 4) is 0 Å². The molecule has 0 bridgehead atoms. The highest BCUT2D eigenvalue weighted by molar-refractivity contribution is 9.18. The van der Waals surface area contributed by atoms with Crippen LogP contribution in [0.4, 0.5) is 14.9 Å². The van der Waals surface area contributed by atoms with Gasteiger partial charge in [0.25, 0.3) is 4.82 Å². The number of halogens is 2. The average molecular weight is 218 g/mol. The van der Waals surface area contributed by atoms with Crippen molar-refractivity contribution in [3.63, 3.8) is 0 Å². The highest BCUT2D eigenvalue weighted by Crippen LogP contribution is 2.09. The van der Waals surface area contributed by atoms with Gasteiger partial charge >= 0.3 is 0 Å². The van der Waals surface area contributed by atoms with Crippen molar-refractivity contribution in [1.29, 1.82) is 0 Å².